The molecule has 1 aliphatic heterocycles. The SMILES string of the molecule is CC[C@@H](C)NC(=O)c1ccc(S(=O)(=O)N2CCC(C)CC2)cc1. The number of carbonyl (C=O) groups excluding carboxylic acids is 1. The van der Waals surface area contributed by atoms with Crippen LogP contribution in [0, 0.1) is 5.92 Å². The lowest BCUT2D eigenvalue weighted by Gasteiger charge is -2.29. The summed E-state index contributed by atoms with van der Waals surface area (Å²) in [4.78, 5) is 12.3. The number of hydrogen-bond donors (Lipinski definition) is 1. The summed E-state index contributed by atoms with van der Waals surface area (Å²) in [6.07, 6.45) is 2.65. The summed E-state index contributed by atoms with van der Waals surface area (Å²) < 4.78 is 26.8. The third-order valence-electron chi connectivity index (χ3n) is 4.49. The molecule has 5 nitrogen and oxygen atoms in total. The fraction of sp³-hybridized carbons (Fsp3) is 0.588. The Morgan fingerprint density at radius 2 is 1.83 bits per heavy atom. The quantitative estimate of drug-likeness (QED) is 0.897. The number of hydrogen-bond acceptors (Lipinski definition) is 3. The molecule has 0 aliphatic carbocycles. The van der Waals surface area contributed by atoms with Crippen LogP contribution < -0.4 is 5.32 Å². The monoisotopic (exact) mass is 338 g/mol. The number of nitrogens with one attached hydrogen (secondary N) is 1. The highest BCUT2D eigenvalue weighted by Crippen LogP contribution is 2.23. The molecule has 1 amide bonds. The molecule has 23 heavy (non-hydrogen) atoms. The van der Waals surface area contributed by atoms with Crippen molar-refractivity contribution < 1.29 is 13.2 Å². The van der Waals surface area contributed by atoms with Crippen LogP contribution in [0.5, 0.6) is 0 Å². The summed E-state index contributed by atoms with van der Waals surface area (Å²) in [6.45, 7) is 7.22. The topological polar surface area (TPSA) is 66.5 Å². The Labute approximate surface area is 139 Å². The molecule has 1 aliphatic rings. The molecule has 0 unspecified atom stereocenters. The van der Waals surface area contributed by atoms with Crippen LogP contribution in [0.3, 0.4) is 0 Å². The van der Waals surface area contributed by atoms with Gasteiger partial charge in [0.25, 0.3) is 5.91 Å². The molecule has 1 atom stereocenters. The first-order valence-electron chi connectivity index (χ1n) is 8.25. The first-order valence-corrected chi connectivity index (χ1v) is 9.69. The largest absolute Gasteiger partial charge is 0.350 e. The van der Waals surface area contributed by atoms with Crippen molar-refractivity contribution in [2.45, 2.75) is 51.0 Å². The van der Waals surface area contributed by atoms with Crippen LogP contribution in [-0.2, 0) is 10.0 Å². The van der Waals surface area contributed by atoms with Crippen LogP contribution in [0.1, 0.15) is 50.4 Å². The summed E-state index contributed by atoms with van der Waals surface area (Å²) in [5, 5.41) is 2.87. The Morgan fingerprint density at radius 1 is 1.26 bits per heavy atom. The Bertz CT molecular complexity index is 632. The molecular formula is C17H26N2O3S. The van der Waals surface area contributed by atoms with E-state index < -0.39 is 10.0 Å². The second-order valence-corrected chi connectivity index (χ2v) is 8.33. The van der Waals surface area contributed by atoms with E-state index in [1.54, 1.807) is 16.4 Å². The number of nitrogens with zero attached hydrogens (tertiary/aromatic N) is 1. The normalized spacial score (nSPS) is 18.6. The lowest BCUT2D eigenvalue weighted by Crippen LogP contribution is -2.37. The van der Waals surface area contributed by atoms with Crippen LogP contribution in [0.4, 0.5) is 0 Å². The molecule has 0 spiro atoms. The zero-order valence-corrected chi connectivity index (χ0v) is 14.9. The third kappa shape index (κ3) is 4.32. The average Bonchev–Trinajstić information content (AvgIpc) is 2.55. The Morgan fingerprint density at radius 3 is 2.35 bits per heavy atom. The van der Waals surface area contributed by atoms with Gasteiger partial charge in [-0.1, -0.05) is 13.8 Å². The molecule has 1 heterocycles. The molecule has 1 fully saturated rings. The van der Waals surface area contributed by atoms with Crippen molar-refractivity contribution in [3.63, 3.8) is 0 Å². The lowest BCUT2D eigenvalue weighted by molar-refractivity contribution is 0.0939. The standard InChI is InChI=1S/C17H26N2O3S/c1-4-14(3)18-17(20)15-5-7-16(8-6-15)23(21,22)19-11-9-13(2)10-12-19/h5-8,13-14H,4,9-12H2,1-3H3,(H,18,20)/t14-/m1/s1. The summed E-state index contributed by atoms with van der Waals surface area (Å²) in [7, 11) is -3.45. The van der Waals surface area contributed by atoms with Gasteiger partial charge >= 0.3 is 0 Å². The van der Waals surface area contributed by atoms with E-state index in [1.165, 1.54) is 12.1 Å². The number of benzene rings is 1. The molecule has 1 aromatic carbocycles. The van der Waals surface area contributed by atoms with Crippen molar-refractivity contribution in [3.8, 4) is 0 Å². The minimum absolute atomic E-state index is 0.0984. The smallest absolute Gasteiger partial charge is 0.251 e. The number of carbonyl (C=O) groups is 1. The second-order valence-electron chi connectivity index (χ2n) is 6.39. The first kappa shape index (κ1) is 17.9. The summed E-state index contributed by atoms with van der Waals surface area (Å²) >= 11 is 0. The van der Waals surface area contributed by atoms with Crippen LogP contribution in [0.25, 0.3) is 0 Å². The molecule has 1 aromatic rings. The third-order valence-corrected chi connectivity index (χ3v) is 6.40. The van der Waals surface area contributed by atoms with Gasteiger partial charge in [-0.3, -0.25) is 4.79 Å². The van der Waals surface area contributed by atoms with Crippen molar-refractivity contribution >= 4 is 15.9 Å². The molecule has 2 rings (SSSR count). The molecule has 1 N–H and O–H groups in total. The second kappa shape index (κ2) is 7.45. The number of rotatable bonds is 5. The van der Waals surface area contributed by atoms with Crippen LogP contribution in [-0.4, -0.2) is 37.8 Å². The van der Waals surface area contributed by atoms with Gasteiger partial charge in [0, 0.05) is 24.7 Å². The van der Waals surface area contributed by atoms with E-state index in [4.69, 9.17) is 0 Å². The molecule has 0 bridgehead atoms. The first-order chi connectivity index (χ1) is 10.8. The van der Waals surface area contributed by atoms with E-state index in [2.05, 4.69) is 12.2 Å². The van der Waals surface area contributed by atoms with E-state index >= 15 is 0 Å². The van der Waals surface area contributed by atoms with Crippen molar-refractivity contribution in [3.05, 3.63) is 29.8 Å². The summed E-state index contributed by atoms with van der Waals surface area (Å²) in [5.74, 6) is 0.406. The number of sulfonamides is 1. The van der Waals surface area contributed by atoms with Crippen molar-refractivity contribution in [1.82, 2.24) is 9.62 Å². The molecule has 1 saturated heterocycles. The Balaban J connectivity index is 2.11. The van der Waals surface area contributed by atoms with Gasteiger partial charge < -0.3 is 5.32 Å². The maximum absolute atomic E-state index is 12.6. The van der Waals surface area contributed by atoms with E-state index in [1.807, 2.05) is 13.8 Å². The predicted molar refractivity (Wildman–Crippen MR) is 90.8 cm³/mol. The van der Waals surface area contributed by atoms with Gasteiger partial charge in [-0.2, -0.15) is 4.31 Å². The van der Waals surface area contributed by atoms with E-state index in [0.29, 0.717) is 24.6 Å². The molecule has 0 saturated carbocycles. The average molecular weight is 338 g/mol. The molecule has 0 radical (unpaired) electrons. The minimum Gasteiger partial charge on any atom is -0.350 e. The van der Waals surface area contributed by atoms with Crippen LogP contribution >= 0.6 is 0 Å². The maximum Gasteiger partial charge on any atom is 0.251 e. The van der Waals surface area contributed by atoms with Gasteiger partial charge in [0.05, 0.1) is 4.90 Å². The zero-order chi connectivity index (χ0) is 17.0. The van der Waals surface area contributed by atoms with Gasteiger partial charge in [0.1, 0.15) is 0 Å². The highest BCUT2D eigenvalue weighted by atomic mass is 32.2. The number of piperidine rings is 1. The molecule has 128 valence electrons. The van der Waals surface area contributed by atoms with Gasteiger partial charge in [-0.25, -0.2) is 8.42 Å². The van der Waals surface area contributed by atoms with E-state index in [-0.39, 0.29) is 16.8 Å². The molecule has 0 aromatic heterocycles. The van der Waals surface area contributed by atoms with Crippen molar-refractivity contribution in [2.75, 3.05) is 13.1 Å². The van der Waals surface area contributed by atoms with Gasteiger partial charge in [0.15, 0.2) is 0 Å². The Kier molecular flexibility index (Phi) is 5.81. The summed E-state index contributed by atoms with van der Waals surface area (Å²) in [6, 6.07) is 6.31. The lowest BCUT2D eigenvalue weighted by atomic mass is 10.0. The van der Waals surface area contributed by atoms with Gasteiger partial charge in [-0.15, -0.1) is 0 Å². The van der Waals surface area contributed by atoms with E-state index in [9.17, 15) is 13.2 Å². The molecule has 6 heteroatoms. The van der Waals surface area contributed by atoms with Crippen LogP contribution in [0.15, 0.2) is 29.2 Å². The highest BCUT2D eigenvalue weighted by Gasteiger charge is 2.28. The van der Waals surface area contributed by atoms with Crippen molar-refractivity contribution in [2.24, 2.45) is 5.92 Å². The fourth-order valence-electron chi connectivity index (χ4n) is 2.56. The Hall–Kier alpha value is -1.40. The van der Waals surface area contributed by atoms with Gasteiger partial charge in [0.2, 0.25) is 10.0 Å². The number of amides is 1. The zero-order valence-electron chi connectivity index (χ0n) is 14.1. The minimum atomic E-state index is -3.45. The maximum atomic E-state index is 12.6. The summed E-state index contributed by atoms with van der Waals surface area (Å²) in [5.41, 5.74) is 0.483. The molecular weight excluding hydrogens is 312 g/mol. The predicted octanol–water partition coefficient (Wildman–Crippen LogP) is 2.64. The van der Waals surface area contributed by atoms with E-state index in [0.717, 1.165) is 19.3 Å². The van der Waals surface area contributed by atoms with Gasteiger partial charge in [-0.05, 0) is 56.4 Å². The van der Waals surface area contributed by atoms with Crippen molar-refractivity contribution in [1.29, 1.82) is 0 Å². The highest BCUT2D eigenvalue weighted by molar-refractivity contribution is 7.89. The fourth-order valence-corrected chi connectivity index (χ4v) is 4.03. The van der Waals surface area contributed by atoms with Crippen LogP contribution in [0.2, 0.25) is 0 Å².